The molecular formula is C22H26Br2N2O2. The first-order valence-electron chi connectivity index (χ1n) is 9.81. The lowest BCUT2D eigenvalue weighted by Crippen LogP contribution is -2.48. The van der Waals surface area contributed by atoms with Crippen LogP contribution in [0, 0.1) is 0 Å². The van der Waals surface area contributed by atoms with Gasteiger partial charge in [-0.15, -0.1) is 0 Å². The number of fused-ring (bicyclic) bond motifs is 1. The number of halogens is 2. The lowest BCUT2D eigenvalue weighted by atomic mass is 9.95. The summed E-state index contributed by atoms with van der Waals surface area (Å²) in [5.74, 6) is 0.970. The average Bonchev–Trinajstić information content (AvgIpc) is 2.68. The van der Waals surface area contributed by atoms with Gasteiger partial charge in [-0.1, -0.05) is 50.1 Å². The molecule has 1 saturated heterocycles. The van der Waals surface area contributed by atoms with E-state index in [9.17, 15) is 0 Å². The summed E-state index contributed by atoms with van der Waals surface area (Å²) in [4.78, 5) is 2.40. The van der Waals surface area contributed by atoms with E-state index in [-0.39, 0.29) is 12.1 Å². The van der Waals surface area contributed by atoms with Crippen LogP contribution in [0.5, 0.6) is 5.75 Å². The SMILES string of the molecule is CN1CCC(NC2c3ccccc3OCC2OCc2cc(Br)cc(Br)c2)CC1. The highest BCUT2D eigenvalue weighted by atomic mass is 79.9. The summed E-state index contributed by atoms with van der Waals surface area (Å²) in [5.41, 5.74) is 2.34. The lowest BCUT2D eigenvalue weighted by Gasteiger charge is -2.38. The molecule has 1 N–H and O–H groups in total. The number of rotatable bonds is 5. The van der Waals surface area contributed by atoms with Crippen molar-refractivity contribution in [2.24, 2.45) is 0 Å². The van der Waals surface area contributed by atoms with Crippen LogP contribution in [0.3, 0.4) is 0 Å². The largest absolute Gasteiger partial charge is 0.490 e. The molecule has 2 aliphatic rings. The van der Waals surface area contributed by atoms with Crippen LogP contribution < -0.4 is 10.1 Å². The molecule has 0 spiro atoms. The number of ether oxygens (including phenoxy) is 2. The van der Waals surface area contributed by atoms with Gasteiger partial charge in [-0.05, 0) is 62.8 Å². The Bertz CT molecular complexity index is 789. The van der Waals surface area contributed by atoms with E-state index >= 15 is 0 Å². The summed E-state index contributed by atoms with van der Waals surface area (Å²) >= 11 is 7.11. The summed E-state index contributed by atoms with van der Waals surface area (Å²) in [6.45, 7) is 3.40. The van der Waals surface area contributed by atoms with Gasteiger partial charge in [0.25, 0.3) is 0 Å². The summed E-state index contributed by atoms with van der Waals surface area (Å²) in [7, 11) is 2.20. The molecule has 6 heteroatoms. The third kappa shape index (κ3) is 4.97. The summed E-state index contributed by atoms with van der Waals surface area (Å²) in [6.07, 6.45) is 2.31. The molecule has 0 bridgehead atoms. The highest BCUT2D eigenvalue weighted by Crippen LogP contribution is 2.35. The summed E-state index contributed by atoms with van der Waals surface area (Å²) < 4.78 is 14.5. The minimum Gasteiger partial charge on any atom is -0.490 e. The Kier molecular flexibility index (Phi) is 6.74. The van der Waals surface area contributed by atoms with Crippen LogP contribution in [0.4, 0.5) is 0 Å². The Morgan fingerprint density at radius 1 is 1.11 bits per heavy atom. The Hall–Kier alpha value is -0.920. The summed E-state index contributed by atoms with van der Waals surface area (Å²) in [5, 5.41) is 3.89. The van der Waals surface area contributed by atoms with E-state index in [1.54, 1.807) is 0 Å². The highest BCUT2D eigenvalue weighted by Gasteiger charge is 2.33. The predicted octanol–water partition coefficient (Wildman–Crippen LogP) is 4.91. The Morgan fingerprint density at radius 3 is 2.57 bits per heavy atom. The Morgan fingerprint density at radius 2 is 1.82 bits per heavy atom. The van der Waals surface area contributed by atoms with Crippen molar-refractivity contribution in [3.05, 3.63) is 62.5 Å². The van der Waals surface area contributed by atoms with Crippen LogP contribution in [0.1, 0.15) is 30.0 Å². The number of hydrogen-bond acceptors (Lipinski definition) is 4. The van der Waals surface area contributed by atoms with Crippen molar-refractivity contribution in [3.63, 3.8) is 0 Å². The number of hydrogen-bond donors (Lipinski definition) is 1. The van der Waals surface area contributed by atoms with Gasteiger partial charge in [0.2, 0.25) is 0 Å². The first kappa shape index (κ1) is 20.4. The number of likely N-dealkylation sites (tertiary alicyclic amines) is 1. The molecule has 4 nitrogen and oxygen atoms in total. The van der Waals surface area contributed by atoms with Gasteiger partial charge in [0, 0.05) is 20.6 Å². The van der Waals surface area contributed by atoms with Crippen molar-refractivity contribution < 1.29 is 9.47 Å². The zero-order valence-electron chi connectivity index (χ0n) is 16.0. The maximum absolute atomic E-state index is 6.37. The molecule has 2 aromatic carbocycles. The summed E-state index contributed by atoms with van der Waals surface area (Å²) in [6, 6.07) is 15.2. The number of nitrogens with one attached hydrogen (secondary N) is 1. The molecule has 0 aromatic heterocycles. The van der Waals surface area contributed by atoms with Gasteiger partial charge in [-0.3, -0.25) is 0 Å². The van der Waals surface area contributed by atoms with Crippen molar-refractivity contribution in [1.29, 1.82) is 0 Å². The molecule has 150 valence electrons. The number of para-hydroxylation sites is 1. The van der Waals surface area contributed by atoms with Crippen LogP contribution in [0.25, 0.3) is 0 Å². The van der Waals surface area contributed by atoms with Crippen LogP contribution in [-0.2, 0) is 11.3 Å². The molecule has 4 rings (SSSR count). The zero-order valence-corrected chi connectivity index (χ0v) is 19.2. The van der Waals surface area contributed by atoms with Gasteiger partial charge in [-0.25, -0.2) is 0 Å². The quantitative estimate of drug-likeness (QED) is 0.620. The second-order valence-corrected chi connectivity index (χ2v) is 9.53. The molecule has 0 amide bonds. The van der Waals surface area contributed by atoms with Gasteiger partial charge in [0.15, 0.2) is 0 Å². The van der Waals surface area contributed by atoms with Gasteiger partial charge < -0.3 is 19.7 Å². The molecule has 2 unspecified atom stereocenters. The predicted molar refractivity (Wildman–Crippen MR) is 119 cm³/mol. The molecule has 0 saturated carbocycles. The molecule has 1 fully saturated rings. The van der Waals surface area contributed by atoms with E-state index in [0.717, 1.165) is 33.3 Å². The molecule has 2 atom stereocenters. The minimum absolute atomic E-state index is 0.0210. The van der Waals surface area contributed by atoms with E-state index in [1.807, 2.05) is 12.1 Å². The highest BCUT2D eigenvalue weighted by molar-refractivity contribution is 9.11. The maximum Gasteiger partial charge on any atom is 0.124 e. The van der Waals surface area contributed by atoms with Crippen LogP contribution in [0.15, 0.2) is 51.4 Å². The number of piperidine rings is 1. The molecular weight excluding hydrogens is 484 g/mol. The third-order valence-electron chi connectivity index (χ3n) is 5.55. The molecule has 2 aromatic rings. The first-order chi connectivity index (χ1) is 13.6. The fourth-order valence-corrected chi connectivity index (χ4v) is 5.39. The van der Waals surface area contributed by atoms with Gasteiger partial charge in [0.1, 0.15) is 18.5 Å². The second kappa shape index (κ2) is 9.26. The monoisotopic (exact) mass is 508 g/mol. The van der Waals surface area contributed by atoms with E-state index < -0.39 is 0 Å². The zero-order chi connectivity index (χ0) is 19.5. The average molecular weight is 510 g/mol. The number of benzene rings is 2. The molecule has 2 heterocycles. The minimum atomic E-state index is -0.0210. The van der Waals surface area contributed by atoms with Crippen LogP contribution in [0.2, 0.25) is 0 Å². The Labute approximate surface area is 183 Å². The topological polar surface area (TPSA) is 33.7 Å². The molecule has 28 heavy (non-hydrogen) atoms. The standard InChI is InChI=1S/C22H26Br2N2O2/c1-26-8-6-18(7-9-26)25-22-19-4-2-3-5-20(19)28-14-21(22)27-13-15-10-16(23)12-17(24)11-15/h2-5,10-12,18,21-22,25H,6-9,13-14H2,1H3. The third-order valence-corrected chi connectivity index (χ3v) is 6.46. The van der Waals surface area contributed by atoms with Crippen molar-refractivity contribution in [1.82, 2.24) is 10.2 Å². The van der Waals surface area contributed by atoms with E-state index in [2.05, 4.69) is 79.5 Å². The normalized spacial score (nSPS) is 23.2. The van der Waals surface area contributed by atoms with Gasteiger partial charge in [-0.2, -0.15) is 0 Å². The van der Waals surface area contributed by atoms with Crippen LogP contribution >= 0.6 is 31.9 Å². The molecule has 0 aliphatic carbocycles. The fraction of sp³-hybridized carbons (Fsp3) is 0.455. The van der Waals surface area contributed by atoms with Crippen molar-refractivity contribution in [2.75, 3.05) is 26.7 Å². The van der Waals surface area contributed by atoms with Crippen LogP contribution in [-0.4, -0.2) is 43.8 Å². The number of nitrogens with zero attached hydrogens (tertiary/aromatic N) is 1. The fourth-order valence-electron chi connectivity index (χ4n) is 4.01. The first-order valence-corrected chi connectivity index (χ1v) is 11.4. The van der Waals surface area contributed by atoms with E-state index in [1.165, 1.54) is 18.4 Å². The van der Waals surface area contributed by atoms with Gasteiger partial charge >= 0.3 is 0 Å². The van der Waals surface area contributed by atoms with E-state index in [4.69, 9.17) is 9.47 Å². The maximum atomic E-state index is 6.37. The molecule has 2 aliphatic heterocycles. The second-order valence-electron chi connectivity index (χ2n) is 7.70. The van der Waals surface area contributed by atoms with Crippen molar-refractivity contribution in [3.8, 4) is 5.75 Å². The Balaban J connectivity index is 1.49. The molecule has 0 radical (unpaired) electrons. The van der Waals surface area contributed by atoms with Gasteiger partial charge in [0.05, 0.1) is 12.6 Å². The lowest BCUT2D eigenvalue weighted by molar-refractivity contribution is -0.0290. The van der Waals surface area contributed by atoms with E-state index in [0.29, 0.717) is 19.3 Å². The smallest absolute Gasteiger partial charge is 0.124 e. The van der Waals surface area contributed by atoms with Crippen molar-refractivity contribution in [2.45, 2.75) is 37.6 Å². The van der Waals surface area contributed by atoms with Crippen molar-refractivity contribution >= 4 is 31.9 Å².